The van der Waals surface area contributed by atoms with E-state index in [9.17, 15) is 4.79 Å². The minimum absolute atomic E-state index is 0.0246. The van der Waals surface area contributed by atoms with Gasteiger partial charge in [-0.15, -0.1) is 0 Å². The molecule has 1 aliphatic heterocycles. The summed E-state index contributed by atoms with van der Waals surface area (Å²) >= 11 is 0. The van der Waals surface area contributed by atoms with Gasteiger partial charge in [-0.2, -0.15) is 0 Å². The van der Waals surface area contributed by atoms with E-state index >= 15 is 0 Å². The number of carbonyl (C=O) groups is 1. The number of esters is 1. The first-order valence-electron chi connectivity index (χ1n) is 4.58. The number of carbonyl (C=O) groups excluding carboxylic acids is 1. The summed E-state index contributed by atoms with van der Waals surface area (Å²) in [6.07, 6.45) is 0.758. The summed E-state index contributed by atoms with van der Waals surface area (Å²) in [5.74, 6) is 0.438. The zero-order chi connectivity index (χ0) is 10.1. The van der Waals surface area contributed by atoms with Crippen molar-refractivity contribution in [1.82, 2.24) is 0 Å². The van der Waals surface area contributed by atoms with Gasteiger partial charge in [-0.3, -0.25) is 0 Å². The van der Waals surface area contributed by atoms with Gasteiger partial charge in [0, 0.05) is 6.42 Å². The zero-order valence-electron chi connectivity index (χ0n) is 8.24. The standard InChI is InChI=1S/C11H12O3/c1-7-5-8-3-4-9(13-2)6-10(8)11(12)14-7/h3-4,6-7H,5H2,1-2H3. The maximum atomic E-state index is 11.5. The largest absolute Gasteiger partial charge is 0.497 e. The van der Waals surface area contributed by atoms with Gasteiger partial charge in [-0.1, -0.05) is 6.07 Å². The third kappa shape index (κ3) is 1.45. The quantitative estimate of drug-likeness (QED) is 0.636. The maximum absolute atomic E-state index is 11.5. The molecular formula is C11H12O3. The van der Waals surface area contributed by atoms with Crippen LogP contribution in [-0.4, -0.2) is 19.2 Å². The lowest BCUT2D eigenvalue weighted by molar-refractivity contribution is 0.0301. The van der Waals surface area contributed by atoms with E-state index in [4.69, 9.17) is 9.47 Å². The van der Waals surface area contributed by atoms with E-state index in [1.807, 2.05) is 19.1 Å². The average molecular weight is 192 g/mol. The van der Waals surface area contributed by atoms with Crippen molar-refractivity contribution in [2.24, 2.45) is 0 Å². The smallest absolute Gasteiger partial charge is 0.338 e. The highest BCUT2D eigenvalue weighted by molar-refractivity contribution is 5.92. The highest BCUT2D eigenvalue weighted by atomic mass is 16.5. The molecule has 2 rings (SSSR count). The number of hydrogen-bond acceptors (Lipinski definition) is 3. The average Bonchev–Trinajstić information content (AvgIpc) is 2.17. The van der Waals surface area contributed by atoms with E-state index in [1.165, 1.54) is 0 Å². The van der Waals surface area contributed by atoms with Crippen LogP contribution in [0.5, 0.6) is 5.75 Å². The summed E-state index contributed by atoms with van der Waals surface area (Å²) in [6, 6.07) is 5.51. The molecule has 0 fully saturated rings. The highest BCUT2D eigenvalue weighted by Crippen LogP contribution is 2.24. The molecule has 1 aromatic rings. The Morgan fingerprint density at radius 2 is 2.29 bits per heavy atom. The Bertz CT molecular complexity index is 371. The highest BCUT2D eigenvalue weighted by Gasteiger charge is 2.23. The Labute approximate surface area is 82.6 Å². The summed E-state index contributed by atoms with van der Waals surface area (Å²) in [5, 5.41) is 0. The van der Waals surface area contributed by atoms with E-state index in [-0.39, 0.29) is 12.1 Å². The van der Waals surface area contributed by atoms with E-state index in [1.54, 1.807) is 13.2 Å². The monoisotopic (exact) mass is 192 g/mol. The molecule has 1 aromatic carbocycles. The van der Waals surface area contributed by atoms with E-state index < -0.39 is 0 Å². The van der Waals surface area contributed by atoms with Crippen LogP contribution in [0.1, 0.15) is 22.8 Å². The maximum Gasteiger partial charge on any atom is 0.338 e. The van der Waals surface area contributed by atoms with Gasteiger partial charge in [0.25, 0.3) is 0 Å². The van der Waals surface area contributed by atoms with Crippen LogP contribution in [0.15, 0.2) is 18.2 Å². The van der Waals surface area contributed by atoms with Gasteiger partial charge in [0.05, 0.1) is 12.7 Å². The second kappa shape index (κ2) is 3.33. The molecule has 0 aromatic heterocycles. The van der Waals surface area contributed by atoms with Crippen molar-refractivity contribution < 1.29 is 14.3 Å². The Balaban J connectivity index is 2.44. The Hall–Kier alpha value is -1.51. The summed E-state index contributed by atoms with van der Waals surface area (Å²) < 4.78 is 10.2. The van der Waals surface area contributed by atoms with Crippen LogP contribution >= 0.6 is 0 Å². The van der Waals surface area contributed by atoms with Crippen LogP contribution in [-0.2, 0) is 11.2 Å². The van der Waals surface area contributed by atoms with Crippen LogP contribution in [0.25, 0.3) is 0 Å². The number of fused-ring (bicyclic) bond motifs is 1. The molecule has 1 heterocycles. The van der Waals surface area contributed by atoms with Crippen LogP contribution < -0.4 is 4.74 Å². The first-order chi connectivity index (χ1) is 6.70. The molecule has 14 heavy (non-hydrogen) atoms. The van der Waals surface area contributed by atoms with Crippen molar-refractivity contribution in [3.8, 4) is 5.75 Å². The van der Waals surface area contributed by atoms with Gasteiger partial charge in [0.15, 0.2) is 0 Å². The molecule has 0 amide bonds. The molecule has 3 nitrogen and oxygen atoms in total. The molecule has 1 atom stereocenters. The number of ether oxygens (including phenoxy) is 2. The molecule has 3 heteroatoms. The van der Waals surface area contributed by atoms with E-state index in [2.05, 4.69) is 0 Å². The molecule has 0 spiro atoms. The van der Waals surface area contributed by atoms with Gasteiger partial charge in [0.1, 0.15) is 11.9 Å². The molecule has 0 radical (unpaired) electrons. The predicted octanol–water partition coefficient (Wildman–Crippen LogP) is 1.80. The Kier molecular flexibility index (Phi) is 2.15. The molecule has 0 aliphatic carbocycles. The molecule has 1 aliphatic rings. The SMILES string of the molecule is COc1ccc2c(c1)C(=O)OC(C)C2. The minimum Gasteiger partial charge on any atom is -0.497 e. The normalized spacial score (nSPS) is 19.9. The van der Waals surface area contributed by atoms with Crippen molar-refractivity contribution in [3.05, 3.63) is 29.3 Å². The van der Waals surface area contributed by atoms with Crippen LogP contribution in [0.2, 0.25) is 0 Å². The summed E-state index contributed by atoms with van der Waals surface area (Å²) in [4.78, 5) is 11.5. The van der Waals surface area contributed by atoms with E-state index in [0.29, 0.717) is 11.3 Å². The minimum atomic E-state index is -0.252. The number of rotatable bonds is 1. The first-order valence-corrected chi connectivity index (χ1v) is 4.58. The number of benzene rings is 1. The van der Waals surface area contributed by atoms with E-state index in [0.717, 1.165) is 12.0 Å². The fraction of sp³-hybridized carbons (Fsp3) is 0.364. The van der Waals surface area contributed by atoms with Gasteiger partial charge in [-0.25, -0.2) is 4.79 Å². The van der Waals surface area contributed by atoms with Crippen LogP contribution in [0.4, 0.5) is 0 Å². The van der Waals surface area contributed by atoms with Crippen LogP contribution in [0, 0.1) is 0 Å². The zero-order valence-corrected chi connectivity index (χ0v) is 8.24. The summed E-state index contributed by atoms with van der Waals surface area (Å²) in [5.41, 5.74) is 1.66. The lowest BCUT2D eigenvalue weighted by Crippen LogP contribution is -2.24. The second-order valence-corrected chi connectivity index (χ2v) is 3.44. The fourth-order valence-corrected chi connectivity index (χ4v) is 1.65. The topological polar surface area (TPSA) is 35.5 Å². The van der Waals surface area contributed by atoms with Gasteiger partial charge in [-0.05, 0) is 24.6 Å². The number of hydrogen-bond donors (Lipinski definition) is 0. The lowest BCUT2D eigenvalue weighted by Gasteiger charge is -2.21. The van der Waals surface area contributed by atoms with Gasteiger partial charge >= 0.3 is 5.97 Å². The molecule has 1 unspecified atom stereocenters. The Morgan fingerprint density at radius 3 is 3.00 bits per heavy atom. The molecular weight excluding hydrogens is 180 g/mol. The van der Waals surface area contributed by atoms with Crippen molar-refractivity contribution in [2.45, 2.75) is 19.4 Å². The fourth-order valence-electron chi connectivity index (χ4n) is 1.65. The molecule has 0 saturated carbocycles. The van der Waals surface area contributed by atoms with Crippen molar-refractivity contribution in [1.29, 1.82) is 0 Å². The second-order valence-electron chi connectivity index (χ2n) is 3.44. The molecule has 0 bridgehead atoms. The van der Waals surface area contributed by atoms with Gasteiger partial charge < -0.3 is 9.47 Å². The number of cyclic esters (lactones) is 1. The van der Waals surface area contributed by atoms with Crippen molar-refractivity contribution in [3.63, 3.8) is 0 Å². The molecule has 0 saturated heterocycles. The van der Waals surface area contributed by atoms with Crippen molar-refractivity contribution >= 4 is 5.97 Å². The first kappa shape index (κ1) is 9.06. The third-order valence-corrected chi connectivity index (χ3v) is 2.35. The lowest BCUT2D eigenvalue weighted by atomic mass is 9.99. The van der Waals surface area contributed by atoms with Crippen molar-refractivity contribution in [2.75, 3.05) is 7.11 Å². The molecule has 74 valence electrons. The Morgan fingerprint density at radius 1 is 1.50 bits per heavy atom. The van der Waals surface area contributed by atoms with Crippen LogP contribution in [0.3, 0.4) is 0 Å². The summed E-state index contributed by atoms with van der Waals surface area (Å²) in [6.45, 7) is 1.89. The van der Waals surface area contributed by atoms with Gasteiger partial charge in [0.2, 0.25) is 0 Å². The third-order valence-electron chi connectivity index (χ3n) is 2.35. The number of methoxy groups -OCH3 is 1. The molecule has 0 N–H and O–H groups in total. The summed E-state index contributed by atoms with van der Waals surface area (Å²) in [7, 11) is 1.58. The predicted molar refractivity (Wildman–Crippen MR) is 51.6 cm³/mol.